The van der Waals surface area contributed by atoms with Crippen LogP contribution in [0.1, 0.15) is 43.1 Å². The van der Waals surface area contributed by atoms with Gasteiger partial charge in [-0.05, 0) is 52.5 Å². The normalized spacial score (nSPS) is 17.9. The first-order chi connectivity index (χ1) is 9.37. The van der Waals surface area contributed by atoms with Crippen molar-refractivity contribution in [2.45, 2.75) is 65.1 Å². The van der Waals surface area contributed by atoms with Gasteiger partial charge in [0.25, 0.3) is 0 Å². The Hall–Kier alpha value is -1.36. The van der Waals surface area contributed by atoms with Gasteiger partial charge in [0.15, 0.2) is 0 Å². The Balaban J connectivity index is 2.07. The highest BCUT2D eigenvalue weighted by Gasteiger charge is 2.39. The molecule has 0 bridgehead atoms. The first-order valence-corrected chi connectivity index (χ1v) is 7.24. The molecule has 1 aromatic heterocycles. The third-order valence-electron chi connectivity index (χ3n) is 4.30. The van der Waals surface area contributed by atoms with E-state index in [-0.39, 0.29) is 5.97 Å². The summed E-state index contributed by atoms with van der Waals surface area (Å²) in [6.45, 7) is 8.80. The van der Waals surface area contributed by atoms with Crippen LogP contribution in [0.5, 0.6) is 0 Å². The number of esters is 1. The largest absolute Gasteiger partial charge is 0.468 e. The summed E-state index contributed by atoms with van der Waals surface area (Å²) in [6, 6.07) is 0.460. The molecule has 1 fully saturated rings. The summed E-state index contributed by atoms with van der Waals surface area (Å²) in [7, 11) is 1.45. The molecule has 0 aromatic carbocycles. The molecule has 1 aromatic rings. The predicted molar refractivity (Wildman–Crippen MR) is 77.6 cm³/mol. The van der Waals surface area contributed by atoms with E-state index in [1.54, 1.807) is 0 Å². The third-order valence-corrected chi connectivity index (χ3v) is 4.30. The quantitative estimate of drug-likeness (QED) is 0.808. The minimum Gasteiger partial charge on any atom is -0.468 e. The van der Waals surface area contributed by atoms with Crippen LogP contribution in [0.3, 0.4) is 0 Å². The first-order valence-electron chi connectivity index (χ1n) is 7.24. The number of rotatable bonds is 6. The van der Waals surface area contributed by atoms with E-state index < -0.39 is 5.54 Å². The molecule has 2 rings (SSSR count). The number of carbonyl (C=O) groups excluding carboxylic acids is 1. The van der Waals surface area contributed by atoms with Crippen LogP contribution in [0.2, 0.25) is 0 Å². The second-order valence-electron chi connectivity index (χ2n) is 6.01. The second-order valence-corrected chi connectivity index (χ2v) is 6.01. The third kappa shape index (κ3) is 3.03. The van der Waals surface area contributed by atoms with E-state index in [9.17, 15) is 4.79 Å². The molecular formula is C15H25N3O2. The van der Waals surface area contributed by atoms with Gasteiger partial charge in [-0.25, -0.2) is 0 Å². The number of hydrogen-bond acceptors (Lipinski definition) is 4. The maximum Gasteiger partial charge on any atom is 0.325 e. The number of nitrogens with one attached hydrogen (secondary N) is 1. The van der Waals surface area contributed by atoms with Gasteiger partial charge >= 0.3 is 5.97 Å². The Morgan fingerprint density at radius 3 is 2.55 bits per heavy atom. The first kappa shape index (κ1) is 15.0. The molecule has 5 nitrogen and oxygen atoms in total. The molecule has 1 unspecified atom stereocenters. The maximum atomic E-state index is 12.1. The van der Waals surface area contributed by atoms with Gasteiger partial charge in [-0.1, -0.05) is 0 Å². The van der Waals surface area contributed by atoms with Crippen LogP contribution in [-0.4, -0.2) is 34.4 Å². The molecule has 0 aliphatic heterocycles. The summed E-state index contributed by atoms with van der Waals surface area (Å²) in [5, 5.41) is 7.94. The van der Waals surface area contributed by atoms with E-state index in [0.717, 1.165) is 18.5 Å². The molecule has 5 heteroatoms. The van der Waals surface area contributed by atoms with E-state index in [4.69, 9.17) is 4.74 Å². The van der Waals surface area contributed by atoms with Crippen LogP contribution in [0, 0.1) is 20.8 Å². The van der Waals surface area contributed by atoms with Gasteiger partial charge in [0.1, 0.15) is 5.54 Å². The van der Waals surface area contributed by atoms with Crippen LogP contribution < -0.4 is 5.32 Å². The molecule has 20 heavy (non-hydrogen) atoms. The zero-order valence-electron chi connectivity index (χ0n) is 13.1. The SMILES string of the molecule is COC(=O)C(C)(CCn1nc(C)c(C)c1C)NC1CC1. The highest BCUT2D eigenvalue weighted by Crippen LogP contribution is 2.25. The van der Waals surface area contributed by atoms with Gasteiger partial charge in [0, 0.05) is 18.3 Å². The van der Waals surface area contributed by atoms with Crippen LogP contribution in [0.25, 0.3) is 0 Å². The fourth-order valence-electron chi connectivity index (χ4n) is 2.47. The van der Waals surface area contributed by atoms with Crippen molar-refractivity contribution in [1.29, 1.82) is 0 Å². The number of carbonyl (C=O) groups is 1. The fraction of sp³-hybridized carbons (Fsp3) is 0.733. The Morgan fingerprint density at radius 2 is 2.10 bits per heavy atom. The minimum atomic E-state index is -0.629. The van der Waals surface area contributed by atoms with Crippen molar-refractivity contribution in [3.63, 3.8) is 0 Å². The molecule has 112 valence electrons. The van der Waals surface area contributed by atoms with Crippen molar-refractivity contribution in [2.75, 3.05) is 7.11 Å². The number of methoxy groups -OCH3 is 1. The number of aromatic nitrogens is 2. The van der Waals surface area contributed by atoms with E-state index in [0.29, 0.717) is 19.0 Å². The Labute approximate surface area is 120 Å². The van der Waals surface area contributed by atoms with Crippen molar-refractivity contribution in [1.82, 2.24) is 15.1 Å². The summed E-state index contributed by atoms with van der Waals surface area (Å²) >= 11 is 0. The number of hydrogen-bond donors (Lipinski definition) is 1. The maximum absolute atomic E-state index is 12.1. The average Bonchev–Trinajstić information content (AvgIpc) is 3.19. The van der Waals surface area contributed by atoms with Gasteiger partial charge in [-0.3, -0.25) is 14.8 Å². The summed E-state index contributed by atoms with van der Waals surface area (Å²) in [5.74, 6) is -0.192. The highest BCUT2D eigenvalue weighted by atomic mass is 16.5. The van der Waals surface area contributed by atoms with E-state index in [1.165, 1.54) is 18.4 Å². The van der Waals surface area contributed by atoms with E-state index in [1.807, 2.05) is 18.5 Å². The monoisotopic (exact) mass is 279 g/mol. The van der Waals surface area contributed by atoms with Gasteiger partial charge in [-0.15, -0.1) is 0 Å². The van der Waals surface area contributed by atoms with Gasteiger partial charge in [0.05, 0.1) is 12.8 Å². The molecule has 1 aliphatic rings. The molecule has 1 aliphatic carbocycles. The minimum absolute atomic E-state index is 0.192. The van der Waals surface area contributed by atoms with Crippen LogP contribution in [0.4, 0.5) is 0 Å². The van der Waals surface area contributed by atoms with Crippen molar-refractivity contribution in [3.05, 3.63) is 17.0 Å². The molecule has 1 heterocycles. The second kappa shape index (κ2) is 5.56. The zero-order chi connectivity index (χ0) is 14.9. The number of nitrogens with zero attached hydrogens (tertiary/aromatic N) is 2. The standard InChI is InChI=1S/C15H25N3O2/c1-10-11(2)17-18(12(10)3)9-8-15(4,14(19)20-5)16-13-6-7-13/h13,16H,6-9H2,1-5H3. The van der Waals surface area contributed by atoms with E-state index >= 15 is 0 Å². The Kier molecular flexibility index (Phi) is 4.18. The van der Waals surface area contributed by atoms with Gasteiger partial charge in [-0.2, -0.15) is 5.10 Å². The summed E-state index contributed by atoms with van der Waals surface area (Å²) in [6.07, 6.45) is 2.97. The van der Waals surface area contributed by atoms with Gasteiger partial charge < -0.3 is 4.74 Å². The Bertz CT molecular complexity index is 505. The van der Waals surface area contributed by atoms with Crippen LogP contribution >= 0.6 is 0 Å². The summed E-state index contributed by atoms with van der Waals surface area (Å²) in [5.41, 5.74) is 2.81. The zero-order valence-corrected chi connectivity index (χ0v) is 13.1. The lowest BCUT2D eigenvalue weighted by atomic mass is 9.97. The van der Waals surface area contributed by atoms with Crippen molar-refractivity contribution >= 4 is 5.97 Å². The van der Waals surface area contributed by atoms with Crippen molar-refractivity contribution in [2.24, 2.45) is 0 Å². The fourth-order valence-corrected chi connectivity index (χ4v) is 2.47. The molecule has 0 spiro atoms. The number of ether oxygens (including phenoxy) is 1. The number of aryl methyl sites for hydroxylation is 2. The molecule has 1 atom stereocenters. The topological polar surface area (TPSA) is 56.2 Å². The smallest absolute Gasteiger partial charge is 0.325 e. The lowest BCUT2D eigenvalue weighted by molar-refractivity contribution is -0.148. The molecular weight excluding hydrogens is 254 g/mol. The molecule has 0 radical (unpaired) electrons. The van der Waals surface area contributed by atoms with Gasteiger partial charge in [0.2, 0.25) is 0 Å². The summed E-state index contributed by atoms with van der Waals surface area (Å²) in [4.78, 5) is 12.1. The average molecular weight is 279 g/mol. The molecule has 1 N–H and O–H groups in total. The molecule has 0 saturated heterocycles. The van der Waals surface area contributed by atoms with E-state index in [2.05, 4.69) is 24.3 Å². The summed E-state index contributed by atoms with van der Waals surface area (Å²) < 4.78 is 6.95. The van der Waals surface area contributed by atoms with Crippen molar-refractivity contribution in [3.8, 4) is 0 Å². The van der Waals surface area contributed by atoms with Crippen LogP contribution in [0.15, 0.2) is 0 Å². The molecule has 0 amide bonds. The predicted octanol–water partition coefficient (Wildman–Crippen LogP) is 1.88. The Morgan fingerprint density at radius 1 is 1.45 bits per heavy atom. The lowest BCUT2D eigenvalue weighted by Gasteiger charge is -2.28. The lowest BCUT2D eigenvalue weighted by Crippen LogP contribution is -2.51. The van der Waals surface area contributed by atoms with Crippen molar-refractivity contribution < 1.29 is 9.53 Å². The molecule has 1 saturated carbocycles. The van der Waals surface area contributed by atoms with Crippen LogP contribution in [-0.2, 0) is 16.1 Å². The highest BCUT2D eigenvalue weighted by molar-refractivity contribution is 5.80.